The van der Waals surface area contributed by atoms with E-state index in [1.54, 1.807) is 31.2 Å². The predicted molar refractivity (Wildman–Crippen MR) is 86.7 cm³/mol. The smallest absolute Gasteiger partial charge is 0.299 e. The number of halogens is 1. The lowest BCUT2D eigenvalue weighted by molar-refractivity contribution is 0.318. The van der Waals surface area contributed by atoms with Crippen molar-refractivity contribution in [3.8, 4) is 11.3 Å². The molecule has 0 radical (unpaired) electrons. The molecule has 1 aromatic carbocycles. The fourth-order valence-corrected chi connectivity index (χ4v) is 2.01. The first kappa shape index (κ1) is 15.5. The second-order valence-electron chi connectivity index (χ2n) is 5.04. The maximum atomic E-state index is 13.6. The van der Waals surface area contributed by atoms with Crippen molar-refractivity contribution in [3.05, 3.63) is 59.8 Å². The molecule has 3 aromatic rings. The second kappa shape index (κ2) is 6.37. The Hall–Kier alpha value is -3.42. The standard InChI is InChI=1S/C16H14FN5O2/c1-9-2-3-10(6-12(9)17)14-8-20-16(24-14)21-11-4-5-13(19-7-11)15(18)22-23/h2-8,23H,1H3,(H2,18,22)(H,20,21). The Labute approximate surface area is 136 Å². The van der Waals surface area contributed by atoms with Gasteiger partial charge in [0.25, 0.3) is 6.01 Å². The highest BCUT2D eigenvalue weighted by Gasteiger charge is 2.09. The average molecular weight is 327 g/mol. The molecular formula is C16H14FN5O2. The molecule has 24 heavy (non-hydrogen) atoms. The molecule has 0 aliphatic heterocycles. The van der Waals surface area contributed by atoms with E-state index in [4.69, 9.17) is 15.4 Å². The number of hydrogen-bond donors (Lipinski definition) is 3. The number of anilines is 2. The molecule has 7 nitrogen and oxygen atoms in total. The van der Waals surface area contributed by atoms with Crippen LogP contribution in [0.5, 0.6) is 0 Å². The Morgan fingerprint density at radius 1 is 1.25 bits per heavy atom. The maximum absolute atomic E-state index is 13.6. The Bertz CT molecular complexity index is 890. The van der Waals surface area contributed by atoms with Crippen LogP contribution in [0.3, 0.4) is 0 Å². The third-order valence-corrected chi connectivity index (χ3v) is 3.35. The molecule has 8 heteroatoms. The van der Waals surface area contributed by atoms with Gasteiger partial charge < -0.3 is 20.7 Å². The van der Waals surface area contributed by atoms with Gasteiger partial charge in [0.05, 0.1) is 18.1 Å². The van der Waals surface area contributed by atoms with Gasteiger partial charge >= 0.3 is 0 Å². The van der Waals surface area contributed by atoms with Gasteiger partial charge in [-0.15, -0.1) is 0 Å². The first-order chi connectivity index (χ1) is 11.6. The summed E-state index contributed by atoms with van der Waals surface area (Å²) in [5, 5.41) is 14.4. The van der Waals surface area contributed by atoms with E-state index < -0.39 is 0 Å². The minimum atomic E-state index is -0.304. The number of nitrogens with zero attached hydrogens (tertiary/aromatic N) is 3. The minimum Gasteiger partial charge on any atom is -0.423 e. The van der Waals surface area contributed by atoms with Crippen LogP contribution in [0.25, 0.3) is 11.3 Å². The number of hydrogen-bond acceptors (Lipinski definition) is 6. The van der Waals surface area contributed by atoms with Crippen molar-refractivity contribution in [1.82, 2.24) is 9.97 Å². The summed E-state index contributed by atoms with van der Waals surface area (Å²) in [5.41, 5.74) is 7.55. The van der Waals surface area contributed by atoms with Crippen LogP contribution in [0.2, 0.25) is 0 Å². The fourth-order valence-electron chi connectivity index (χ4n) is 2.01. The van der Waals surface area contributed by atoms with Crippen molar-refractivity contribution in [3.63, 3.8) is 0 Å². The molecule has 0 saturated carbocycles. The van der Waals surface area contributed by atoms with Gasteiger partial charge in [-0.05, 0) is 30.7 Å². The number of oxime groups is 1. The lowest BCUT2D eigenvalue weighted by Crippen LogP contribution is -2.14. The van der Waals surface area contributed by atoms with Gasteiger partial charge in [-0.2, -0.15) is 0 Å². The predicted octanol–water partition coefficient (Wildman–Crippen LogP) is 3.02. The Morgan fingerprint density at radius 2 is 2.08 bits per heavy atom. The lowest BCUT2D eigenvalue weighted by atomic mass is 10.1. The zero-order valence-corrected chi connectivity index (χ0v) is 12.7. The first-order valence-corrected chi connectivity index (χ1v) is 7.00. The van der Waals surface area contributed by atoms with Gasteiger partial charge in [0.2, 0.25) is 0 Å². The van der Waals surface area contributed by atoms with Crippen molar-refractivity contribution in [2.75, 3.05) is 5.32 Å². The van der Waals surface area contributed by atoms with Gasteiger partial charge in [0.15, 0.2) is 11.6 Å². The molecule has 122 valence electrons. The number of aryl methyl sites for hydroxylation is 1. The summed E-state index contributed by atoms with van der Waals surface area (Å²) in [6.45, 7) is 1.69. The van der Waals surface area contributed by atoms with Crippen LogP contribution in [-0.4, -0.2) is 21.0 Å². The quantitative estimate of drug-likeness (QED) is 0.294. The topological polar surface area (TPSA) is 110 Å². The summed E-state index contributed by atoms with van der Waals surface area (Å²) in [7, 11) is 0. The van der Waals surface area contributed by atoms with Crippen LogP contribution < -0.4 is 11.1 Å². The first-order valence-electron chi connectivity index (χ1n) is 7.00. The van der Waals surface area contributed by atoms with Crippen LogP contribution in [0.15, 0.2) is 52.3 Å². The third-order valence-electron chi connectivity index (χ3n) is 3.35. The molecule has 0 unspecified atom stereocenters. The van der Waals surface area contributed by atoms with E-state index >= 15 is 0 Å². The lowest BCUT2D eigenvalue weighted by Gasteiger charge is -2.03. The molecule has 0 spiro atoms. The number of oxazole rings is 1. The molecule has 0 atom stereocenters. The normalized spacial score (nSPS) is 11.5. The van der Waals surface area contributed by atoms with E-state index in [2.05, 4.69) is 20.4 Å². The summed E-state index contributed by atoms with van der Waals surface area (Å²) in [5.74, 6) is 0.0559. The van der Waals surface area contributed by atoms with E-state index in [-0.39, 0.29) is 17.7 Å². The summed E-state index contributed by atoms with van der Waals surface area (Å²) >= 11 is 0. The zero-order valence-electron chi connectivity index (χ0n) is 12.7. The summed E-state index contributed by atoms with van der Waals surface area (Å²) in [6, 6.07) is 8.33. The van der Waals surface area contributed by atoms with Crippen LogP contribution in [0.4, 0.5) is 16.1 Å². The van der Waals surface area contributed by atoms with E-state index in [0.29, 0.717) is 28.3 Å². The Balaban J connectivity index is 1.77. The fraction of sp³-hybridized carbons (Fsp3) is 0.0625. The summed E-state index contributed by atoms with van der Waals surface area (Å²) in [6.07, 6.45) is 2.99. The monoisotopic (exact) mass is 327 g/mol. The van der Waals surface area contributed by atoms with E-state index in [0.717, 1.165) is 0 Å². The van der Waals surface area contributed by atoms with E-state index in [9.17, 15) is 4.39 Å². The minimum absolute atomic E-state index is 0.0821. The van der Waals surface area contributed by atoms with Gasteiger partial charge in [0, 0.05) is 5.56 Å². The van der Waals surface area contributed by atoms with E-state index in [1.165, 1.54) is 18.5 Å². The molecule has 0 bridgehead atoms. The highest BCUT2D eigenvalue weighted by Crippen LogP contribution is 2.25. The summed E-state index contributed by atoms with van der Waals surface area (Å²) < 4.78 is 19.2. The molecular weight excluding hydrogens is 313 g/mol. The van der Waals surface area contributed by atoms with Crippen molar-refractivity contribution >= 4 is 17.5 Å². The highest BCUT2D eigenvalue weighted by atomic mass is 19.1. The van der Waals surface area contributed by atoms with Crippen molar-refractivity contribution < 1.29 is 14.0 Å². The number of benzene rings is 1. The number of rotatable bonds is 4. The molecule has 4 N–H and O–H groups in total. The Morgan fingerprint density at radius 3 is 2.75 bits per heavy atom. The maximum Gasteiger partial charge on any atom is 0.299 e. The van der Waals surface area contributed by atoms with Crippen LogP contribution in [0.1, 0.15) is 11.3 Å². The molecule has 0 saturated heterocycles. The number of nitrogens with one attached hydrogen (secondary N) is 1. The van der Waals surface area contributed by atoms with Crippen LogP contribution in [-0.2, 0) is 0 Å². The average Bonchev–Trinajstić information content (AvgIpc) is 3.06. The highest BCUT2D eigenvalue weighted by molar-refractivity contribution is 5.95. The van der Waals surface area contributed by atoms with Crippen LogP contribution >= 0.6 is 0 Å². The molecule has 3 rings (SSSR count). The molecule has 2 heterocycles. The largest absolute Gasteiger partial charge is 0.423 e. The van der Waals surface area contributed by atoms with E-state index in [1.807, 2.05) is 0 Å². The number of amidine groups is 1. The molecule has 0 aliphatic carbocycles. The molecule has 0 aliphatic rings. The zero-order chi connectivity index (χ0) is 17.1. The second-order valence-corrected chi connectivity index (χ2v) is 5.04. The summed E-state index contributed by atoms with van der Waals surface area (Å²) in [4.78, 5) is 8.13. The number of nitrogens with two attached hydrogens (primary N) is 1. The third kappa shape index (κ3) is 3.17. The van der Waals surface area contributed by atoms with Crippen molar-refractivity contribution in [1.29, 1.82) is 0 Å². The van der Waals surface area contributed by atoms with Gasteiger partial charge in [-0.1, -0.05) is 17.3 Å². The molecule has 0 fully saturated rings. The van der Waals surface area contributed by atoms with Gasteiger partial charge in [-0.25, -0.2) is 9.37 Å². The van der Waals surface area contributed by atoms with Crippen LogP contribution in [0, 0.1) is 12.7 Å². The Kier molecular flexibility index (Phi) is 4.11. The van der Waals surface area contributed by atoms with Crippen molar-refractivity contribution in [2.24, 2.45) is 10.9 Å². The van der Waals surface area contributed by atoms with Gasteiger partial charge in [0.1, 0.15) is 11.5 Å². The number of aromatic nitrogens is 2. The van der Waals surface area contributed by atoms with Crippen molar-refractivity contribution in [2.45, 2.75) is 6.92 Å². The molecule has 2 aromatic heterocycles. The van der Waals surface area contributed by atoms with Gasteiger partial charge in [-0.3, -0.25) is 4.98 Å². The molecule has 0 amide bonds. The SMILES string of the molecule is Cc1ccc(-c2cnc(Nc3ccc(/C(N)=N/O)nc3)o2)cc1F. The number of pyridine rings is 1.